The van der Waals surface area contributed by atoms with Gasteiger partial charge in [0.25, 0.3) is 0 Å². The Morgan fingerprint density at radius 3 is 3.00 bits per heavy atom. The lowest BCUT2D eigenvalue weighted by atomic mass is 10.1. The molecule has 4 nitrogen and oxygen atoms in total. The van der Waals surface area contributed by atoms with Crippen molar-refractivity contribution in [3.05, 3.63) is 35.6 Å². The second-order valence-corrected chi connectivity index (χ2v) is 6.48. The van der Waals surface area contributed by atoms with E-state index in [-0.39, 0.29) is 5.76 Å². The van der Waals surface area contributed by atoms with Crippen molar-refractivity contribution >= 4 is 28.7 Å². The van der Waals surface area contributed by atoms with Crippen LogP contribution in [0.2, 0.25) is 0 Å². The molecule has 0 radical (unpaired) electrons. The van der Waals surface area contributed by atoms with Crippen molar-refractivity contribution in [1.82, 2.24) is 5.32 Å². The average Bonchev–Trinajstić information content (AvgIpc) is 3.08. The summed E-state index contributed by atoms with van der Waals surface area (Å²) in [6.45, 7) is 0.542. The van der Waals surface area contributed by atoms with Gasteiger partial charge in [0.2, 0.25) is 5.76 Å². The van der Waals surface area contributed by atoms with Crippen LogP contribution in [0.15, 0.2) is 28.7 Å². The summed E-state index contributed by atoms with van der Waals surface area (Å²) >= 11 is 1.89. The van der Waals surface area contributed by atoms with E-state index in [9.17, 15) is 9.90 Å². The van der Waals surface area contributed by atoms with Gasteiger partial charge in [-0.1, -0.05) is 24.6 Å². The Morgan fingerprint density at radius 2 is 2.24 bits per heavy atom. The molecule has 0 spiro atoms. The number of para-hydroxylation sites is 1. The molecular weight excluding hydrogens is 286 g/mol. The van der Waals surface area contributed by atoms with Crippen molar-refractivity contribution < 1.29 is 14.3 Å². The second kappa shape index (κ2) is 6.12. The third-order valence-corrected chi connectivity index (χ3v) is 5.36. The Kier molecular flexibility index (Phi) is 4.22. The third kappa shape index (κ3) is 2.80. The lowest BCUT2D eigenvalue weighted by Gasteiger charge is -2.19. The Bertz CT molecular complexity index is 652. The first-order chi connectivity index (χ1) is 10.2. The molecule has 0 saturated heterocycles. The first-order valence-corrected chi connectivity index (χ1v) is 8.49. The SMILES string of the molecule is CSC1CCCC1NCc1c(C(=O)O)oc2ccccc12. The normalized spacial score (nSPS) is 22.0. The van der Waals surface area contributed by atoms with Crippen LogP contribution in [-0.4, -0.2) is 28.6 Å². The number of fused-ring (bicyclic) bond motifs is 1. The number of carboxylic acids is 1. The van der Waals surface area contributed by atoms with Gasteiger partial charge in [-0.15, -0.1) is 0 Å². The fourth-order valence-corrected chi connectivity index (χ4v) is 4.09. The summed E-state index contributed by atoms with van der Waals surface area (Å²) in [4.78, 5) is 11.4. The molecule has 1 saturated carbocycles. The molecular formula is C16H19NO3S. The fourth-order valence-electron chi connectivity index (χ4n) is 3.12. The zero-order valence-corrected chi connectivity index (χ0v) is 12.8. The number of aromatic carboxylic acids is 1. The summed E-state index contributed by atoms with van der Waals surface area (Å²) in [6.07, 6.45) is 5.77. The van der Waals surface area contributed by atoms with Crippen molar-refractivity contribution in [2.24, 2.45) is 0 Å². The first kappa shape index (κ1) is 14.5. The van der Waals surface area contributed by atoms with Gasteiger partial charge >= 0.3 is 5.97 Å². The highest BCUT2D eigenvalue weighted by molar-refractivity contribution is 7.99. The van der Waals surface area contributed by atoms with E-state index >= 15 is 0 Å². The number of carboxylic acid groups (broad SMARTS) is 1. The molecule has 21 heavy (non-hydrogen) atoms. The molecule has 1 aliphatic rings. The minimum atomic E-state index is -1.00. The van der Waals surface area contributed by atoms with Crippen molar-refractivity contribution in [2.75, 3.05) is 6.26 Å². The van der Waals surface area contributed by atoms with Gasteiger partial charge < -0.3 is 14.8 Å². The van der Waals surface area contributed by atoms with E-state index in [4.69, 9.17) is 4.42 Å². The maximum atomic E-state index is 11.4. The molecule has 3 rings (SSSR count). The van der Waals surface area contributed by atoms with Gasteiger partial charge in [-0.2, -0.15) is 11.8 Å². The lowest BCUT2D eigenvalue weighted by molar-refractivity contribution is 0.0663. The number of nitrogens with one attached hydrogen (secondary N) is 1. The highest BCUT2D eigenvalue weighted by Crippen LogP contribution is 2.30. The van der Waals surface area contributed by atoms with Crippen LogP contribution in [-0.2, 0) is 6.54 Å². The topological polar surface area (TPSA) is 62.5 Å². The number of furan rings is 1. The number of thioether (sulfide) groups is 1. The number of carbonyl (C=O) groups is 1. The molecule has 0 aliphatic heterocycles. The van der Waals surface area contributed by atoms with Crippen molar-refractivity contribution in [3.8, 4) is 0 Å². The molecule has 2 atom stereocenters. The van der Waals surface area contributed by atoms with Gasteiger partial charge in [-0.05, 0) is 25.2 Å². The van der Waals surface area contributed by atoms with Crippen LogP contribution in [0.25, 0.3) is 11.0 Å². The van der Waals surface area contributed by atoms with Gasteiger partial charge in [0, 0.05) is 28.8 Å². The van der Waals surface area contributed by atoms with E-state index in [2.05, 4.69) is 11.6 Å². The molecule has 1 aromatic carbocycles. The van der Waals surface area contributed by atoms with E-state index in [1.54, 1.807) is 0 Å². The van der Waals surface area contributed by atoms with Crippen LogP contribution in [0, 0.1) is 0 Å². The Morgan fingerprint density at radius 1 is 1.43 bits per heavy atom. The lowest BCUT2D eigenvalue weighted by Crippen LogP contribution is -2.33. The second-order valence-electron chi connectivity index (χ2n) is 5.40. The zero-order chi connectivity index (χ0) is 14.8. The molecule has 2 N–H and O–H groups in total. The molecule has 0 amide bonds. The summed E-state index contributed by atoms with van der Waals surface area (Å²) in [5, 5.41) is 14.4. The van der Waals surface area contributed by atoms with Gasteiger partial charge in [-0.25, -0.2) is 4.79 Å². The van der Waals surface area contributed by atoms with Crippen molar-refractivity contribution in [1.29, 1.82) is 0 Å². The molecule has 1 fully saturated rings. The summed E-state index contributed by atoms with van der Waals surface area (Å²) in [7, 11) is 0. The molecule has 112 valence electrons. The monoisotopic (exact) mass is 305 g/mol. The van der Waals surface area contributed by atoms with Gasteiger partial charge in [-0.3, -0.25) is 0 Å². The minimum absolute atomic E-state index is 0.0578. The van der Waals surface area contributed by atoms with Crippen LogP contribution in [0.4, 0.5) is 0 Å². The van der Waals surface area contributed by atoms with Gasteiger partial charge in [0.15, 0.2) is 0 Å². The molecule has 2 unspecified atom stereocenters. The largest absolute Gasteiger partial charge is 0.475 e. The standard InChI is InChI=1S/C16H19NO3S/c1-21-14-8-4-6-12(14)17-9-11-10-5-2-3-7-13(10)20-15(11)16(18)19/h2-3,5,7,12,14,17H,4,6,8-9H2,1H3,(H,18,19). The molecule has 1 heterocycles. The predicted octanol–water partition coefficient (Wildman–Crippen LogP) is 3.50. The van der Waals surface area contributed by atoms with E-state index in [0.29, 0.717) is 23.4 Å². The quantitative estimate of drug-likeness (QED) is 0.885. The molecule has 5 heteroatoms. The van der Waals surface area contributed by atoms with E-state index in [1.807, 2.05) is 36.0 Å². The number of benzene rings is 1. The molecule has 2 aromatic rings. The third-order valence-electron chi connectivity index (χ3n) is 4.19. The first-order valence-electron chi connectivity index (χ1n) is 7.20. The number of hydrogen-bond donors (Lipinski definition) is 2. The summed E-state index contributed by atoms with van der Waals surface area (Å²) < 4.78 is 5.48. The van der Waals surface area contributed by atoms with Gasteiger partial charge in [0.05, 0.1) is 0 Å². The van der Waals surface area contributed by atoms with Crippen LogP contribution in [0.1, 0.15) is 35.4 Å². The smallest absolute Gasteiger partial charge is 0.372 e. The maximum Gasteiger partial charge on any atom is 0.372 e. The highest BCUT2D eigenvalue weighted by Gasteiger charge is 2.27. The van der Waals surface area contributed by atoms with E-state index in [0.717, 1.165) is 17.4 Å². The van der Waals surface area contributed by atoms with Crippen LogP contribution in [0.3, 0.4) is 0 Å². The predicted molar refractivity (Wildman–Crippen MR) is 85.0 cm³/mol. The summed E-state index contributed by atoms with van der Waals surface area (Å²) in [6, 6.07) is 7.95. The minimum Gasteiger partial charge on any atom is -0.475 e. The van der Waals surface area contributed by atoms with Crippen LogP contribution >= 0.6 is 11.8 Å². The van der Waals surface area contributed by atoms with Crippen LogP contribution < -0.4 is 5.32 Å². The number of rotatable bonds is 5. The Hall–Kier alpha value is -1.46. The number of hydrogen-bond acceptors (Lipinski definition) is 4. The van der Waals surface area contributed by atoms with Crippen LogP contribution in [0.5, 0.6) is 0 Å². The molecule has 0 bridgehead atoms. The zero-order valence-electron chi connectivity index (χ0n) is 12.0. The summed E-state index contributed by atoms with van der Waals surface area (Å²) in [5.74, 6) is -0.946. The Balaban J connectivity index is 1.85. The molecule has 1 aromatic heterocycles. The maximum absolute atomic E-state index is 11.4. The average molecular weight is 305 g/mol. The fraction of sp³-hybridized carbons (Fsp3) is 0.438. The van der Waals surface area contributed by atoms with Gasteiger partial charge in [0.1, 0.15) is 5.58 Å². The highest BCUT2D eigenvalue weighted by atomic mass is 32.2. The van der Waals surface area contributed by atoms with E-state index in [1.165, 1.54) is 12.8 Å². The van der Waals surface area contributed by atoms with Crippen molar-refractivity contribution in [2.45, 2.75) is 37.1 Å². The van der Waals surface area contributed by atoms with Crippen molar-refractivity contribution in [3.63, 3.8) is 0 Å². The van der Waals surface area contributed by atoms with E-state index < -0.39 is 5.97 Å². The molecule has 1 aliphatic carbocycles. The Labute approximate surface area is 127 Å². The summed E-state index contributed by atoms with van der Waals surface area (Å²) in [5.41, 5.74) is 1.39.